The molecule has 6 nitrogen and oxygen atoms in total. The van der Waals surface area contributed by atoms with Crippen molar-refractivity contribution in [2.45, 2.75) is 46.0 Å². The number of carboxylic acids is 1. The van der Waals surface area contributed by atoms with Crippen molar-refractivity contribution in [2.24, 2.45) is 0 Å². The number of carboxylic acid groups (broad SMARTS) is 1. The second-order valence-corrected chi connectivity index (χ2v) is 3.82. The quantitative estimate of drug-likeness (QED) is 0.741. The first-order valence-electron chi connectivity index (χ1n) is 5.99. The number of aliphatic carboxylic acids is 1. The lowest BCUT2D eigenvalue weighted by Gasteiger charge is -2.08. The van der Waals surface area contributed by atoms with Crippen LogP contribution in [-0.2, 0) is 19.2 Å². The van der Waals surface area contributed by atoms with E-state index in [0.717, 1.165) is 0 Å². The van der Waals surface area contributed by atoms with Crippen LogP contribution in [0.15, 0.2) is 0 Å². The van der Waals surface area contributed by atoms with E-state index in [1.807, 2.05) is 0 Å². The molecular weight excluding hydrogens is 238 g/mol. The molecule has 0 aromatic heterocycles. The molecule has 18 heavy (non-hydrogen) atoms. The van der Waals surface area contributed by atoms with Gasteiger partial charge in [0.05, 0.1) is 6.42 Å². The monoisotopic (exact) mass is 257 g/mol. The first kappa shape index (κ1) is 16.3. The molecule has 0 radical (unpaired) electrons. The van der Waals surface area contributed by atoms with Crippen LogP contribution in [0.25, 0.3) is 0 Å². The van der Waals surface area contributed by atoms with Gasteiger partial charge in [-0.25, -0.2) is 0 Å². The lowest BCUT2D eigenvalue weighted by Crippen LogP contribution is -2.28. The highest BCUT2D eigenvalue weighted by Gasteiger charge is 2.26. The number of carbonyl (C=O) groups excluding carboxylic acids is 3. The van der Waals surface area contributed by atoms with Gasteiger partial charge in [0.1, 0.15) is 5.78 Å². The first-order chi connectivity index (χ1) is 8.42. The van der Waals surface area contributed by atoms with Crippen LogP contribution in [0, 0.1) is 0 Å². The van der Waals surface area contributed by atoms with Gasteiger partial charge in [-0.3, -0.25) is 24.1 Å². The molecule has 0 aromatic rings. The largest absolute Gasteiger partial charge is 0.481 e. The Bertz CT molecular complexity index is 321. The summed E-state index contributed by atoms with van der Waals surface area (Å²) >= 11 is 0. The zero-order chi connectivity index (χ0) is 14.1. The molecule has 1 rings (SSSR count). The molecule has 102 valence electrons. The number of amides is 2. The van der Waals surface area contributed by atoms with Gasteiger partial charge in [0.2, 0.25) is 11.8 Å². The Hall–Kier alpha value is -1.72. The third-order valence-electron chi connectivity index (χ3n) is 2.48. The Balaban J connectivity index is 0.000000321. The molecule has 1 heterocycles. The minimum Gasteiger partial charge on any atom is -0.481 e. The van der Waals surface area contributed by atoms with Crippen molar-refractivity contribution in [3.05, 3.63) is 0 Å². The van der Waals surface area contributed by atoms with Gasteiger partial charge in [-0.15, -0.1) is 0 Å². The minimum absolute atomic E-state index is 0.0115. The van der Waals surface area contributed by atoms with Gasteiger partial charge >= 0.3 is 5.97 Å². The highest BCUT2D eigenvalue weighted by molar-refractivity contribution is 6.01. The van der Waals surface area contributed by atoms with Crippen molar-refractivity contribution >= 4 is 23.6 Å². The fourth-order valence-corrected chi connectivity index (χ4v) is 1.40. The second-order valence-electron chi connectivity index (χ2n) is 3.82. The molecule has 2 amide bonds. The number of nitrogens with zero attached hydrogens (tertiary/aromatic N) is 1. The fraction of sp³-hybridized carbons (Fsp3) is 0.667. The van der Waals surface area contributed by atoms with E-state index in [2.05, 4.69) is 0 Å². The molecule has 1 saturated heterocycles. The van der Waals surface area contributed by atoms with Gasteiger partial charge in [0.15, 0.2) is 0 Å². The SMILES string of the molecule is CCC(=O)CCC(=O)O.CCN1C(=O)CCC1=O. The van der Waals surface area contributed by atoms with Crippen LogP contribution in [0.1, 0.15) is 46.0 Å². The molecule has 0 bridgehead atoms. The number of likely N-dealkylation sites (tertiary alicyclic amines) is 1. The Morgan fingerprint density at radius 2 is 1.61 bits per heavy atom. The van der Waals surface area contributed by atoms with Gasteiger partial charge in [-0.2, -0.15) is 0 Å². The standard InChI is InChI=1S/C6H9NO2.C6H10O3/c1-2-7-5(8)3-4-6(7)9;1-2-5(7)3-4-6(8)9/h2-4H2,1H3;2-4H2,1H3,(H,8,9). The van der Waals surface area contributed by atoms with E-state index in [1.165, 1.54) is 4.90 Å². The summed E-state index contributed by atoms with van der Waals surface area (Å²) in [5, 5.41) is 8.11. The second kappa shape index (κ2) is 8.38. The van der Waals surface area contributed by atoms with Crippen molar-refractivity contribution in [2.75, 3.05) is 6.54 Å². The summed E-state index contributed by atoms with van der Waals surface area (Å²) in [6.45, 7) is 4.06. The van der Waals surface area contributed by atoms with Gasteiger partial charge in [0.25, 0.3) is 0 Å². The Kier molecular flexibility index (Phi) is 7.58. The number of hydrogen-bond donors (Lipinski definition) is 1. The fourth-order valence-electron chi connectivity index (χ4n) is 1.40. The van der Waals surface area contributed by atoms with Gasteiger partial charge in [-0.05, 0) is 6.92 Å². The van der Waals surface area contributed by atoms with Crippen LogP contribution < -0.4 is 0 Å². The van der Waals surface area contributed by atoms with Crippen LogP contribution in [-0.4, -0.2) is 40.1 Å². The average Bonchev–Trinajstić information content (AvgIpc) is 2.66. The zero-order valence-electron chi connectivity index (χ0n) is 10.8. The Labute approximate surface area is 106 Å². The summed E-state index contributed by atoms with van der Waals surface area (Å²) in [7, 11) is 0. The molecule has 1 fully saturated rings. The highest BCUT2D eigenvalue weighted by atomic mass is 16.4. The lowest BCUT2D eigenvalue weighted by molar-refractivity contribution is -0.139. The Morgan fingerprint density at radius 1 is 1.11 bits per heavy atom. The molecule has 0 saturated carbocycles. The zero-order valence-corrected chi connectivity index (χ0v) is 10.8. The molecule has 0 aliphatic carbocycles. The van der Waals surface area contributed by atoms with E-state index in [0.29, 0.717) is 25.8 Å². The van der Waals surface area contributed by atoms with E-state index < -0.39 is 5.97 Å². The lowest BCUT2D eigenvalue weighted by atomic mass is 10.2. The molecule has 0 spiro atoms. The van der Waals surface area contributed by atoms with Crippen LogP contribution in [0.2, 0.25) is 0 Å². The third-order valence-corrected chi connectivity index (χ3v) is 2.48. The maximum atomic E-state index is 10.7. The smallest absolute Gasteiger partial charge is 0.303 e. The van der Waals surface area contributed by atoms with Crippen LogP contribution in [0.3, 0.4) is 0 Å². The van der Waals surface area contributed by atoms with Crippen molar-refractivity contribution in [3.8, 4) is 0 Å². The van der Waals surface area contributed by atoms with Crippen LogP contribution in [0.5, 0.6) is 0 Å². The normalized spacial score (nSPS) is 14.2. The van der Waals surface area contributed by atoms with Crippen molar-refractivity contribution in [3.63, 3.8) is 0 Å². The van der Waals surface area contributed by atoms with E-state index in [9.17, 15) is 19.2 Å². The predicted molar refractivity (Wildman–Crippen MR) is 63.8 cm³/mol. The summed E-state index contributed by atoms with van der Waals surface area (Å²) in [6.07, 6.45) is 1.39. The van der Waals surface area contributed by atoms with Crippen LogP contribution in [0.4, 0.5) is 0 Å². The third kappa shape index (κ3) is 6.12. The molecule has 1 aliphatic rings. The summed E-state index contributed by atoms with van der Waals surface area (Å²) in [4.78, 5) is 43.1. The maximum absolute atomic E-state index is 10.7. The van der Waals surface area contributed by atoms with Gasteiger partial charge in [-0.1, -0.05) is 6.92 Å². The van der Waals surface area contributed by atoms with Crippen molar-refractivity contribution in [1.82, 2.24) is 4.90 Å². The summed E-state index contributed by atoms with van der Waals surface area (Å²) in [6, 6.07) is 0. The first-order valence-corrected chi connectivity index (χ1v) is 5.99. The maximum Gasteiger partial charge on any atom is 0.303 e. The average molecular weight is 257 g/mol. The van der Waals surface area contributed by atoms with E-state index in [4.69, 9.17) is 5.11 Å². The molecule has 0 atom stereocenters. The minimum atomic E-state index is -0.906. The highest BCUT2D eigenvalue weighted by Crippen LogP contribution is 2.09. The van der Waals surface area contributed by atoms with Crippen LogP contribution >= 0.6 is 0 Å². The number of hydrogen-bond acceptors (Lipinski definition) is 4. The number of rotatable bonds is 5. The van der Waals surface area contributed by atoms with E-state index >= 15 is 0 Å². The number of imide groups is 1. The molecule has 1 N–H and O–H groups in total. The summed E-state index contributed by atoms with van der Waals surface area (Å²) < 4.78 is 0. The molecule has 6 heteroatoms. The number of ketones is 1. The van der Waals surface area contributed by atoms with Gasteiger partial charge in [0, 0.05) is 32.2 Å². The predicted octanol–water partition coefficient (Wildman–Crippen LogP) is 0.986. The number of carbonyl (C=O) groups is 4. The topological polar surface area (TPSA) is 91.8 Å². The summed E-state index contributed by atoms with van der Waals surface area (Å²) in [5.74, 6) is -0.945. The van der Waals surface area contributed by atoms with Crippen molar-refractivity contribution < 1.29 is 24.3 Å². The summed E-state index contributed by atoms with van der Waals surface area (Å²) in [5.41, 5.74) is 0. The molecule has 0 aromatic carbocycles. The molecule has 0 unspecified atom stereocenters. The van der Waals surface area contributed by atoms with E-state index in [1.54, 1.807) is 13.8 Å². The Morgan fingerprint density at radius 3 is 1.89 bits per heavy atom. The van der Waals surface area contributed by atoms with E-state index in [-0.39, 0.29) is 30.4 Å². The van der Waals surface area contributed by atoms with Gasteiger partial charge < -0.3 is 5.11 Å². The number of Topliss-reactive ketones (excluding diaryl/α,β-unsaturated/α-hetero) is 1. The molecule has 1 aliphatic heterocycles. The molecular formula is C12H19NO5. The van der Waals surface area contributed by atoms with Crippen molar-refractivity contribution in [1.29, 1.82) is 0 Å².